The van der Waals surface area contributed by atoms with Crippen LogP contribution < -0.4 is 9.47 Å². The molecule has 0 amide bonds. The molecule has 0 bridgehead atoms. The molecule has 3 aromatic rings. The molecule has 0 aromatic heterocycles. The number of allylic oxidation sites excluding steroid dienone is 6. The fraction of sp³-hybridized carbons (Fsp3) is 0.0556. The molecule has 0 fully saturated rings. The first-order valence-electron chi connectivity index (χ1n) is 14.0. The Kier molecular flexibility index (Phi) is 9.12. The predicted molar refractivity (Wildman–Crippen MR) is 169 cm³/mol. The third-order valence-electron chi connectivity index (χ3n) is 7.55. The Morgan fingerprint density at radius 2 is 1.11 bits per heavy atom. The van der Waals surface area contributed by atoms with Gasteiger partial charge in [-0.05, 0) is 29.3 Å². The van der Waals surface area contributed by atoms with Crippen molar-refractivity contribution in [1.29, 1.82) is 21.0 Å². The van der Waals surface area contributed by atoms with E-state index >= 15 is 8.78 Å². The average Bonchev–Trinajstić information content (AvgIpc) is 3.59. The summed E-state index contributed by atoms with van der Waals surface area (Å²) < 4.78 is 127. The molecule has 0 N–H and O–H groups in total. The van der Waals surface area contributed by atoms with E-state index in [1.165, 1.54) is 12.1 Å². The van der Waals surface area contributed by atoms with E-state index in [0.29, 0.717) is 0 Å². The first kappa shape index (κ1) is 36.9. The van der Waals surface area contributed by atoms with Crippen LogP contribution in [0.3, 0.4) is 0 Å². The molecular weight excluding hydrogens is 728 g/mol. The van der Waals surface area contributed by atoms with Crippen molar-refractivity contribution in [1.82, 2.24) is 0 Å². The molecule has 2 aliphatic carbocycles. The van der Waals surface area contributed by atoms with Gasteiger partial charge in [-0.3, -0.25) is 0 Å². The van der Waals surface area contributed by atoms with Crippen LogP contribution in [0.2, 0.25) is 0 Å². The molecule has 258 valence electrons. The Balaban J connectivity index is 2.17. The van der Waals surface area contributed by atoms with Crippen molar-refractivity contribution < 1.29 is 44.6 Å². The van der Waals surface area contributed by atoms with Gasteiger partial charge in [-0.1, -0.05) is 18.2 Å². The molecule has 0 radical (unpaired) electrons. The van der Waals surface area contributed by atoms with Crippen LogP contribution in [0.25, 0.3) is 53.1 Å². The Morgan fingerprint density at radius 3 is 1.54 bits per heavy atom. The smallest absolute Gasteiger partial charge is 0.406 e. The molecule has 0 atom stereocenters. The van der Waals surface area contributed by atoms with Gasteiger partial charge in [0.1, 0.15) is 35.3 Å². The number of benzene rings is 3. The Labute approximate surface area is 297 Å². The minimum absolute atomic E-state index is 0.340. The highest BCUT2D eigenvalue weighted by atomic mass is 19.4. The van der Waals surface area contributed by atoms with Crippen LogP contribution in [0.4, 0.5) is 46.5 Å². The van der Waals surface area contributed by atoms with E-state index in [-0.39, 0.29) is 22.5 Å². The third-order valence-corrected chi connectivity index (χ3v) is 7.55. The Bertz CT molecular complexity index is 2520. The van der Waals surface area contributed by atoms with Gasteiger partial charge in [0.15, 0.2) is 11.4 Å². The van der Waals surface area contributed by atoms with E-state index < -0.39 is 103 Å². The molecular formula is C36H6F8N8O2. The molecule has 0 saturated carbocycles. The summed E-state index contributed by atoms with van der Waals surface area (Å²) in [6.07, 6.45) is -11.7. The molecule has 0 saturated heterocycles. The Morgan fingerprint density at radius 1 is 0.593 bits per heavy atom. The van der Waals surface area contributed by atoms with Gasteiger partial charge in [-0.25, -0.2) is 28.2 Å². The van der Waals surface area contributed by atoms with E-state index in [2.05, 4.69) is 28.9 Å². The number of fused-ring (bicyclic) bond motifs is 2. The van der Waals surface area contributed by atoms with E-state index in [0.717, 1.165) is 36.4 Å². The fourth-order valence-corrected chi connectivity index (χ4v) is 5.72. The van der Waals surface area contributed by atoms with Crippen molar-refractivity contribution in [3.8, 4) is 35.8 Å². The molecule has 0 spiro atoms. The van der Waals surface area contributed by atoms with E-state index in [9.17, 15) is 47.4 Å². The highest BCUT2D eigenvalue weighted by molar-refractivity contribution is 6.20. The molecule has 5 rings (SSSR count). The van der Waals surface area contributed by atoms with Crippen molar-refractivity contribution in [2.45, 2.75) is 12.7 Å². The topological polar surface area (TPSA) is 131 Å². The van der Waals surface area contributed by atoms with Crippen LogP contribution in [-0.2, 0) is 0 Å². The minimum Gasteiger partial charge on any atom is -0.406 e. The maximum absolute atomic E-state index is 16.5. The van der Waals surface area contributed by atoms with Gasteiger partial charge in [0, 0.05) is 33.4 Å². The second kappa shape index (κ2) is 13.4. The third kappa shape index (κ3) is 6.12. The number of nitriles is 4. The van der Waals surface area contributed by atoms with Crippen LogP contribution in [0.1, 0.15) is 44.5 Å². The zero-order valence-corrected chi connectivity index (χ0v) is 25.9. The second-order valence-electron chi connectivity index (χ2n) is 10.5. The lowest BCUT2D eigenvalue weighted by molar-refractivity contribution is -0.277. The van der Waals surface area contributed by atoms with Crippen LogP contribution in [0.5, 0.6) is 11.5 Å². The van der Waals surface area contributed by atoms with Gasteiger partial charge in [0.05, 0.1) is 60.7 Å². The summed E-state index contributed by atoms with van der Waals surface area (Å²) in [7, 11) is 0. The van der Waals surface area contributed by atoms with Gasteiger partial charge >= 0.3 is 12.7 Å². The standard InChI is InChI=1S/C36H6F8N8O2/c1-49-19-8-17(9-20(10-19)50-2)21(13-47)23-25-28(32(52-4)30(23)38)33(53-35(39,40)41)24-22(14-48)29(37)27(26(24)34(25)54-36(42,43)44)31(51-3)18-6-15(11-45)5-16(7-18)12-46/h5-10H/b23-21-,31-27+. The highest BCUT2D eigenvalue weighted by Gasteiger charge is 2.49. The summed E-state index contributed by atoms with van der Waals surface area (Å²) in [5, 5.41) is 39.2. The van der Waals surface area contributed by atoms with E-state index in [4.69, 9.17) is 26.3 Å². The van der Waals surface area contributed by atoms with Crippen LogP contribution in [-0.4, -0.2) is 12.7 Å². The van der Waals surface area contributed by atoms with Crippen molar-refractivity contribution >= 4 is 45.1 Å². The summed E-state index contributed by atoms with van der Waals surface area (Å²) in [6.45, 7) is 30.1. The van der Waals surface area contributed by atoms with Crippen molar-refractivity contribution in [2.24, 2.45) is 0 Å². The van der Waals surface area contributed by atoms with Crippen molar-refractivity contribution in [3.05, 3.63) is 138 Å². The fourth-order valence-electron chi connectivity index (χ4n) is 5.72. The molecule has 2 aliphatic rings. The number of halogens is 8. The lowest BCUT2D eigenvalue weighted by atomic mass is 9.88. The SMILES string of the molecule is [C-]#[N+]C1=C(F)/C(=C(/C#N)c2cc([N+]#[C-])cc([N+]#[C-])c2)c2c(OC(F)(F)F)c3c(c(OC(F)(F)F)c21)C(C#N)=C(F)/C3=C(/[N+]#[C-])c1cc(C#N)cc(C#N)c1. The summed E-state index contributed by atoms with van der Waals surface area (Å²) in [5.74, 6) is -7.43. The maximum Gasteiger partial charge on any atom is 0.573 e. The quantitative estimate of drug-likeness (QED) is 0.149. The molecule has 0 heterocycles. The Hall–Kier alpha value is -8.42. The lowest BCUT2D eigenvalue weighted by Gasteiger charge is -2.24. The average molecular weight is 734 g/mol. The maximum atomic E-state index is 16.5. The molecule has 3 aromatic carbocycles. The van der Waals surface area contributed by atoms with Crippen molar-refractivity contribution in [3.63, 3.8) is 0 Å². The number of alkyl halides is 6. The number of hydrogen-bond donors (Lipinski definition) is 0. The summed E-state index contributed by atoms with van der Waals surface area (Å²) in [5.41, 5.74) is -16.1. The largest absolute Gasteiger partial charge is 0.573 e. The zero-order valence-electron chi connectivity index (χ0n) is 25.9. The first-order chi connectivity index (χ1) is 25.5. The van der Waals surface area contributed by atoms with Crippen LogP contribution in [0.15, 0.2) is 48.1 Å². The van der Waals surface area contributed by atoms with E-state index in [1.54, 1.807) is 12.1 Å². The minimum atomic E-state index is -5.88. The molecule has 10 nitrogen and oxygen atoms in total. The second-order valence-corrected chi connectivity index (χ2v) is 10.5. The number of hydrogen-bond acceptors (Lipinski definition) is 6. The number of nitrogens with zero attached hydrogens (tertiary/aromatic N) is 8. The predicted octanol–water partition coefficient (Wildman–Crippen LogP) is 10.3. The first-order valence-corrected chi connectivity index (χ1v) is 14.0. The zero-order chi connectivity index (χ0) is 39.9. The van der Waals surface area contributed by atoms with Gasteiger partial charge in [0.25, 0.3) is 0 Å². The number of ether oxygens (including phenoxy) is 2. The van der Waals surface area contributed by atoms with Crippen LogP contribution in [0, 0.1) is 71.6 Å². The van der Waals surface area contributed by atoms with Gasteiger partial charge in [-0.15, -0.1) is 26.3 Å². The molecule has 0 aliphatic heterocycles. The van der Waals surface area contributed by atoms with Gasteiger partial charge in [-0.2, -0.15) is 21.0 Å². The molecule has 18 heteroatoms. The summed E-state index contributed by atoms with van der Waals surface area (Å²) in [6, 6.07) is 11.5. The lowest BCUT2D eigenvalue weighted by Crippen LogP contribution is -2.22. The highest BCUT2D eigenvalue weighted by Crippen LogP contribution is 2.63. The number of rotatable bonds is 4. The van der Waals surface area contributed by atoms with E-state index in [1.807, 2.05) is 0 Å². The molecule has 54 heavy (non-hydrogen) atoms. The normalized spacial score (nSPS) is 14.8. The molecule has 0 unspecified atom stereocenters. The van der Waals surface area contributed by atoms with Crippen molar-refractivity contribution in [2.75, 3.05) is 0 Å². The van der Waals surface area contributed by atoms with Gasteiger partial charge in [0.2, 0.25) is 11.4 Å². The van der Waals surface area contributed by atoms with Crippen LogP contribution >= 0.6 is 0 Å². The summed E-state index contributed by atoms with van der Waals surface area (Å²) >= 11 is 0. The monoisotopic (exact) mass is 734 g/mol. The van der Waals surface area contributed by atoms with Gasteiger partial charge < -0.3 is 9.47 Å². The summed E-state index contributed by atoms with van der Waals surface area (Å²) in [4.78, 5) is 12.2.